The molecule has 0 aliphatic carbocycles. The molecule has 3 N–H and O–H groups in total. The number of hydrogen-bond donors (Lipinski definition) is 2. The summed E-state index contributed by atoms with van der Waals surface area (Å²) in [5.41, 5.74) is 7.80. The van der Waals surface area contributed by atoms with Gasteiger partial charge in [-0.3, -0.25) is 9.78 Å². The van der Waals surface area contributed by atoms with Crippen LogP contribution >= 0.6 is 0 Å². The first kappa shape index (κ1) is 12.9. The van der Waals surface area contributed by atoms with E-state index in [2.05, 4.69) is 10.3 Å². The van der Waals surface area contributed by atoms with Crippen molar-refractivity contribution in [3.63, 3.8) is 0 Å². The van der Waals surface area contributed by atoms with E-state index < -0.39 is 0 Å². The first-order valence-electron chi connectivity index (χ1n) is 5.82. The van der Waals surface area contributed by atoms with Gasteiger partial charge in [0.25, 0.3) is 5.91 Å². The van der Waals surface area contributed by atoms with E-state index in [9.17, 15) is 4.79 Å². The average molecular weight is 257 g/mol. The Morgan fingerprint density at radius 3 is 2.89 bits per heavy atom. The van der Waals surface area contributed by atoms with Crippen molar-refractivity contribution in [2.75, 3.05) is 12.8 Å². The summed E-state index contributed by atoms with van der Waals surface area (Å²) in [6, 6.07) is 9.02. The van der Waals surface area contributed by atoms with E-state index in [-0.39, 0.29) is 5.91 Å². The lowest BCUT2D eigenvalue weighted by atomic mass is 10.1. The number of anilines is 1. The van der Waals surface area contributed by atoms with E-state index >= 15 is 0 Å². The highest BCUT2D eigenvalue weighted by Gasteiger charge is 2.11. The second kappa shape index (κ2) is 5.86. The van der Waals surface area contributed by atoms with Crippen molar-refractivity contribution >= 4 is 11.6 Å². The predicted octanol–water partition coefficient (Wildman–Crippen LogP) is 1.60. The Kier molecular flexibility index (Phi) is 3.97. The van der Waals surface area contributed by atoms with Gasteiger partial charge < -0.3 is 15.8 Å². The van der Waals surface area contributed by atoms with Crippen LogP contribution in [0.5, 0.6) is 5.75 Å². The maximum atomic E-state index is 12.0. The molecule has 1 amide bonds. The summed E-state index contributed by atoms with van der Waals surface area (Å²) >= 11 is 0. The second-order valence-electron chi connectivity index (χ2n) is 3.96. The number of nitrogens with zero attached hydrogens (tertiary/aromatic N) is 1. The number of carbonyl (C=O) groups is 1. The molecule has 1 aromatic heterocycles. The van der Waals surface area contributed by atoms with Crippen LogP contribution in [-0.2, 0) is 6.54 Å². The molecule has 0 spiro atoms. The van der Waals surface area contributed by atoms with Gasteiger partial charge in [0, 0.05) is 18.4 Å². The zero-order valence-electron chi connectivity index (χ0n) is 10.6. The Hall–Kier alpha value is -2.56. The summed E-state index contributed by atoms with van der Waals surface area (Å²) in [4.78, 5) is 16.0. The Morgan fingerprint density at radius 2 is 2.16 bits per heavy atom. The fourth-order valence-corrected chi connectivity index (χ4v) is 1.70. The molecule has 5 nitrogen and oxygen atoms in total. The Balaban J connectivity index is 2.08. The summed E-state index contributed by atoms with van der Waals surface area (Å²) in [6.45, 7) is 0.372. The van der Waals surface area contributed by atoms with Gasteiger partial charge in [-0.2, -0.15) is 0 Å². The zero-order chi connectivity index (χ0) is 13.7. The number of nitrogens with one attached hydrogen (secondary N) is 1. The summed E-state index contributed by atoms with van der Waals surface area (Å²) in [7, 11) is 1.50. The van der Waals surface area contributed by atoms with Crippen LogP contribution < -0.4 is 15.8 Å². The van der Waals surface area contributed by atoms with Gasteiger partial charge in [-0.15, -0.1) is 0 Å². The normalized spacial score (nSPS) is 9.95. The molecule has 1 aromatic carbocycles. The molecule has 0 unspecified atom stereocenters. The van der Waals surface area contributed by atoms with Crippen molar-refractivity contribution < 1.29 is 9.53 Å². The number of rotatable bonds is 4. The molecule has 5 heteroatoms. The number of para-hydroxylation sites is 1. The van der Waals surface area contributed by atoms with Crippen molar-refractivity contribution in [1.29, 1.82) is 0 Å². The van der Waals surface area contributed by atoms with Crippen LogP contribution in [0.1, 0.15) is 15.9 Å². The number of hydrogen-bond acceptors (Lipinski definition) is 4. The third kappa shape index (κ3) is 3.01. The molecule has 0 atom stereocenters. The van der Waals surface area contributed by atoms with E-state index in [0.29, 0.717) is 23.5 Å². The number of nitrogens with two attached hydrogens (primary N) is 1. The lowest BCUT2D eigenvalue weighted by Crippen LogP contribution is -2.23. The largest absolute Gasteiger partial charge is 0.494 e. The number of methoxy groups -OCH3 is 1. The van der Waals surface area contributed by atoms with Crippen LogP contribution in [0.3, 0.4) is 0 Å². The van der Waals surface area contributed by atoms with Crippen LogP contribution in [0.15, 0.2) is 42.7 Å². The lowest BCUT2D eigenvalue weighted by Gasteiger charge is -2.09. The summed E-state index contributed by atoms with van der Waals surface area (Å²) in [5, 5.41) is 2.80. The van der Waals surface area contributed by atoms with Gasteiger partial charge in [-0.1, -0.05) is 18.2 Å². The highest BCUT2D eigenvalue weighted by Crippen LogP contribution is 2.16. The number of aromatic nitrogens is 1. The number of carbonyl (C=O) groups excluding carboxylic acids is 1. The van der Waals surface area contributed by atoms with Gasteiger partial charge in [0.1, 0.15) is 5.75 Å². The minimum atomic E-state index is -0.220. The van der Waals surface area contributed by atoms with E-state index in [1.165, 1.54) is 13.3 Å². The van der Waals surface area contributed by atoms with Crippen molar-refractivity contribution in [3.05, 3.63) is 53.9 Å². The summed E-state index contributed by atoms with van der Waals surface area (Å²) < 4.78 is 5.09. The smallest absolute Gasteiger partial charge is 0.255 e. The van der Waals surface area contributed by atoms with Crippen molar-refractivity contribution in [2.45, 2.75) is 6.54 Å². The monoisotopic (exact) mass is 257 g/mol. The third-order valence-corrected chi connectivity index (χ3v) is 2.74. The molecule has 2 rings (SSSR count). The average Bonchev–Trinajstić information content (AvgIpc) is 2.46. The van der Waals surface area contributed by atoms with Gasteiger partial charge in [-0.05, 0) is 17.7 Å². The third-order valence-electron chi connectivity index (χ3n) is 2.74. The maximum Gasteiger partial charge on any atom is 0.255 e. The molecule has 0 aliphatic heterocycles. The molecule has 2 aromatic rings. The van der Waals surface area contributed by atoms with E-state index in [0.717, 1.165) is 5.56 Å². The molecule has 0 saturated heterocycles. The molecular weight excluding hydrogens is 242 g/mol. The van der Waals surface area contributed by atoms with Crippen LogP contribution in [0.25, 0.3) is 0 Å². The Bertz CT molecular complexity index is 584. The van der Waals surface area contributed by atoms with Gasteiger partial charge in [-0.25, -0.2) is 0 Å². The Morgan fingerprint density at radius 1 is 1.37 bits per heavy atom. The minimum Gasteiger partial charge on any atom is -0.494 e. The SMILES string of the molecule is COc1cnccc1C(=O)NCc1ccccc1N. The molecule has 0 bridgehead atoms. The molecular formula is C14H15N3O2. The van der Waals surface area contributed by atoms with Gasteiger partial charge in [0.2, 0.25) is 0 Å². The molecule has 0 radical (unpaired) electrons. The van der Waals surface area contributed by atoms with Crippen LogP contribution in [0, 0.1) is 0 Å². The number of nitrogen functional groups attached to an aromatic ring is 1. The highest BCUT2D eigenvalue weighted by molar-refractivity contribution is 5.96. The second-order valence-corrected chi connectivity index (χ2v) is 3.96. The van der Waals surface area contributed by atoms with Crippen LogP contribution in [0.2, 0.25) is 0 Å². The number of pyridine rings is 1. The van der Waals surface area contributed by atoms with E-state index in [1.54, 1.807) is 18.3 Å². The van der Waals surface area contributed by atoms with Crippen molar-refractivity contribution in [3.8, 4) is 5.75 Å². The topological polar surface area (TPSA) is 77.2 Å². The number of ether oxygens (including phenoxy) is 1. The fraction of sp³-hybridized carbons (Fsp3) is 0.143. The lowest BCUT2D eigenvalue weighted by molar-refractivity contribution is 0.0948. The number of amides is 1. The fourth-order valence-electron chi connectivity index (χ4n) is 1.70. The molecule has 98 valence electrons. The van der Waals surface area contributed by atoms with Gasteiger partial charge >= 0.3 is 0 Å². The van der Waals surface area contributed by atoms with Crippen LogP contribution in [-0.4, -0.2) is 18.0 Å². The molecule has 19 heavy (non-hydrogen) atoms. The predicted molar refractivity (Wildman–Crippen MR) is 72.8 cm³/mol. The maximum absolute atomic E-state index is 12.0. The summed E-state index contributed by atoms with van der Waals surface area (Å²) in [6.07, 6.45) is 3.06. The minimum absolute atomic E-state index is 0.220. The van der Waals surface area contributed by atoms with Crippen LogP contribution in [0.4, 0.5) is 5.69 Å². The van der Waals surface area contributed by atoms with Gasteiger partial charge in [0.05, 0.1) is 18.9 Å². The number of benzene rings is 1. The first-order valence-corrected chi connectivity index (χ1v) is 5.82. The van der Waals surface area contributed by atoms with Crippen molar-refractivity contribution in [2.24, 2.45) is 0 Å². The van der Waals surface area contributed by atoms with Gasteiger partial charge in [0.15, 0.2) is 0 Å². The van der Waals surface area contributed by atoms with E-state index in [1.807, 2.05) is 18.2 Å². The standard InChI is InChI=1S/C14H15N3O2/c1-19-13-9-16-7-6-11(13)14(18)17-8-10-4-2-3-5-12(10)15/h2-7,9H,8,15H2,1H3,(H,17,18). The molecule has 0 fully saturated rings. The zero-order valence-corrected chi connectivity index (χ0v) is 10.6. The summed E-state index contributed by atoms with van der Waals surface area (Å²) in [5.74, 6) is 0.225. The van der Waals surface area contributed by atoms with Crippen molar-refractivity contribution in [1.82, 2.24) is 10.3 Å². The molecule has 0 aliphatic rings. The molecule has 1 heterocycles. The highest BCUT2D eigenvalue weighted by atomic mass is 16.5. The van der Waals surface area contributed by atoms with E-state index in [4.69, 9.17) is 10.5 Å². The Labute approximate surface area is 111 Å². The molecule has 0 saturated carbocycles. The quantitative estimate of drug-likeness (QED) is 0.816. The first-order chi connectivity index (χ1) is 9.22.